The van der Waals surface area contributed by atoms with E-state index in [4.69, 9.17) is 4.74 Å². The van der Waals surface area contributed by atoms with Gasteiger partial charge >= 0.3 is 0 Å². The molecule has 98 valence electrons. The van der Waals surface area contributed by atoms with Crippen LogP contribution in [0.1, 0.15) is 26.2 Å². The number of anilines is 1. The molecule has 1 fully saturated rings. The van der Waals surface area contributed by atoms with Gasteiger partial charge < -0.3 is 10.1 Å². The van der Waals surface area contributed by atoms with Crippen LogP contribution in [0.3, 0.4) is 0 Å². The van der Waals surface area contributed by atoms with Crippen molar-refractivity contribution in [2.75, 3.05) is 17.3 Å². The lowest BCUT2D eigenvalue weighted by Gasteiger charge is -2.40. The first-order chi connectivity index (χ1) is 8.65. The number of amides is 1. The topological polar surface area (TPSA) is 38.3 Å². The van der Waals surface area contributed by atoms with Crippen LogP contribution in [0, 0.1) is 5.41 Å². The lowest BCUT2D eigenvalue weighted by atomic mass is 9.71. The van der Waals surface area contributed by atoms with Crippen molar-refractivity contribution in [3.8, 4) is 5.75 Å². The molecule has 0 bridgehead atoms. The van der Waals surface area contributed by atoms with Crippen molar-refractivity contribution in [2.24, 2.45) is 5.41 Å². The minimum Gasteiger partial charge on any atom is -0.491 e. The number of hydrogen-bond acceptors (Lipinski definition) is 2. The van der Waals surface area contributed by atoms with Crippen LogP contribution in [-0.2, 0) is 4.79 Å². The lowest BCUT2D eigenvalue weighted by Crippen LogP contribution is -2.37. The van der Waals surface area contributed by atoms with Gasteiger partial charge in [-0.15, -0.1) is 0 Å². The first kappa shape index (κ1) is 13.4. The predicted molar refractivity (Wildman–Crippen MR) is 76.3 cm³/mol. The first-order valence-electron chi connectivity index (χ1n) is 6.21. The summed E-state index contributed by atoms with van der Waals surface area (Å²) in [5, 5.41) is 3.76. The smallest absolute Gasteiger partial charge is 0.221 e. The van der Waals surface area contributed by atoms with E-state index in [2.05, 4.69) is 21.2 Å². The second-order valence-corrected chi connectivity index (χ2v) is 5.51. The molecule has 0 unspecified atom stereocenters. The zero-order valence-electron chi connectivity index (χ0n) is 10.5. The minimum absolute atomic E-state index is 0.0788. The number of hydrogen-bond donors (Lipinski definition) is 1. The van der Waals surface area contributed by atoms with Crippen molar-refractivity contribution >= 4 is 27.5 Å². The van der Waals surface area contributed by atoms with Gasteiger partial charge in [-0.2, -0.15) is 0 Å². The highest BCUT2D eigenvalue weighted by atomic mass is 79.9. The summed E-state index contributed by atoms with van der Waals surface area (Å²) in [6.07, 6.45) is 3.70. The molecule has 2 rings (SSSR count). The Bertz CT molecular complexity index is 424. The number of benzene rings is 1. The van der Waals surface area contributed by atoms with Gasteiger partial charge in [0.2, 0.25) is 5.91 Å². The molecule has 1 aromatic carbocycles. The Hall–Kier alpha value is -1.03. The molecular weight excluding hydrogens is 294 g/mol. The van der Waals surface area contributed by atoms with Crippen LogP contribution in [0.25, 0.3) is 0 Å². The molecule has 1 saturated carbocycles. The number of carbonyl (C=O) groups excluding carboxylic acids is 1. The fourth-order valence-electron chi connectivity index (χ4n) is 2.11. The number of halogens is 1. The van der Waals surface area contributed by atoms with Crippen LogP contribution in [0.4, 0.5) is 5.69 Å². The molecule has 18 heavy (non-hydrogen) atoms. The van der Waals surface area contributed by atoms with Gasteiger partial charge in [0.15, 0.2) is 0 Å². The molecule has 1 amide bonds. The van der Waals surface area contributed by atoms with Crippen LogP contribution in [0.15, 0.2) is 24.3 Å². The van der Waals surface area contributed by atoms with E-state index >= 15 is 0 Å². The highest BCUT2D eigenvalue weighted by Crippen LogP contribution is 2.43. The summed E-state index contributed by atoms with van der Waals surface area (Å²) in [5.74, 6) is 0.671. The van der Waals surface area contributed by atoms with Crippen LogP contribution in [0.5, 0.6) is 5.75 Å². The molecule has 0 aliphatic heterocycles. The Labute approximate surface area is 116 Å². The maximum atomic E-state index is 11.1. The zero-order chi connectivity index (χ0) is 13.0. The molecule has 1 N–H and O–H groups in total. The Kier molecular flexibility index (Phi) is 4.27. The molecule has 0 aromatic heterocycles. The largest absolute Gasteiger partial charge is 0.491 e. The van der Waals surface area contributed by atoms with E-state index in [0.29, 0.717) is 6.61 Å². The summed E-state index contributed by atoms with van der Waals surface area (Å²) >= 11 is 3.57. The van der Waals surface area contributed by atoms with Crippen LogP contribution in [-0.4, -0.2) is 17.8 Å². The molecule has 0 spiro atoms. The van der Waals surface area contributed by atoms with E-state index in [1.807, 2.05) is 24.3 Å². The molecule has 3 nitrogen and oxygen atoms in total. The number of alkyl halides is 1. The van der Waals surface area contributed by atoms with Crippen molar-refractivity contribution in [2.45, 2.75) is 26.2 Å². The average Bonchev–Trinajstić information content (AvgIpc) is 2.29. The summed E-state index contributed by atoms with van der Waals surface area (Å²) in [6, 6.07) is 7.56. The van der Waals surface area contributed by atoms with E-state index in [1.54, 1.807) is 0 Å². The molecule has 1 aliphatic carbocycles. The highest BCUT2D eigenvalue weighted by molar-refractivity contribution is 9.09. The van der Waals surface area contributed by atoms with Gasteiger partial charge in [0.25, 0.3) is 0 Å². The summed E-state index contributed by atoms with van der Waals surface area (Å²) in [5.41, 5.74) is 1.03. The van der Waals surface area contributed by atoms with Crippen molar-refractivity contribution in [3.63, 3.8) is 0 Å². The van der Waals surface area contributed by atoms with Crippen molar-refractivity contribution in [1.29, 1.82) is 0 Å². The second kappa shape index (κ2) is 5.74. The number of rotatable bonds is 5. The molecule has 0 radical (unpaired) electrons. The minimum atomic E-state index is -0.0788. The zero-order valence-corrected chi connectivity index (χ0v) is 12.1. The van der Waals surface area contributed by atoms with E-state index in [1.165, 1.54) is 26.2 Å². The predicted octanol–water partition coefficient (Wildman–Crippen LogP) is 3.59. The van der Waals surface area contributed by atoms with Crippen LogP contribution in [0.2, 0.25) is 0 Å². The molecule has 4 heteroatoms. The van der Waals surface area contributed by atoms with E-state index < -0.39 is 0 Å². The van der Waals surface area contributed by atoms with Gasteiger partial charge in [-0.3, -0.25) is 4.79 Å². The van der Waals surface area contributed by atoms with Crippen molar-refractivity contribution < 1.29 is 9.53 Å². The SMILES string of the molecule is CC(=O)Nc1ccccc1OCC1(CBr)CCC1. The third kappa shape index (κ3) is 3.05. The summed E-state index contributed by atoms with van der Waals surface area (Å²) < 4.78 is 5.89. The molecule has 0 heterocycles. The standard InChI is InChI=1S/C14H18BrNO2/c1-11(17)16-12-5-2-3-6-13(12)18-10-14(9-15)7-4-8-14/h2-3,5-6H,4,7-10H2,1H3,(H,16,17). The quantitative estimate of drug-likeness (QED) is 0.844. The summed E-state index contributed by atoms with van der Waals surface area (Å²) in [7, 11) is 0. The molecule has 1 aromatic rings. The van der Waals surface area contributed by atoms with Crippen LogP contribution < -0.4 is 10.1 Å². The number of nitrogens with one attached hydrogen (secondary N) is 1. The fourth-order valence-corrected chi connectivity index (χ4v) is 2.83. The van der Waals surface area contributed by atoms with E-state index in [0.717, 1.165) is 16.8 Å². The second-order valence-electron chi connectivity index (χ2n) is 4.95. The Morgan fingerprint density at radius 3 is 2.72 bits per heavy atom. The van der Waals surface area contributed by atoms with E-state index in [-0.39, 0.29) is 11.3 Å². The Balaban J connectivity index is 2.02. The van der Waals surface area contributed by atoms with Gasteiger partial charge in [0.1, 0.15) is 5.75 Å². The molecule has 0 saturated heterocycles. The maximum Gasteiger partial charge on any atom is 0.221 e. The Morgan fingerprint density at radius 2 is 2.17 bits per heavy atom. The van der Waals surface area contributed by atoms with E-state index in [9.17, 15) is 4.79 Å². The summed E-state index contributed by atoms with van der Waals surface area (Å²) in [6.45, 7) is 2.21. The Morgan fingerprint density at radius 1 is 1.44 bits per heavy atom. The number of ether oxygens (including phenoxy) is 1. The third-order valence-electron chi connectivity index (χ3n) is 3.43. The van der Waals surface area contributed by atoms with Gasteiger partial charge in [-0.05, 0) is 25.0 Å². The molecule has 0 atom stereocenters. The third-order valence-corrected chi connectivity index (χ3v) is 4.62. The number of para-hydroxylation sites is 2. The first-order valence-corrected chi connectivity index (χ1v) is 7.33. The maximum absolute atomic E-state index is 11.1. The molecule has 1 aliphatic rings. The van der Waals surface area contributed by atoms with Crippen LogP contribution >= 0.6 is 15.9 Å². The van der Waals surface area contributed by atoms with Crippen molar-refractivity contribution in [3.05, 3.63) is 24.3 Å². The normalized spacial score (nSPS) is 16.8. The fraction of sp³-hybridized carbons (Fsp3) is 0.500. The van der Waals surface area contributed by atoms with Crippen molar-refractivity contribution in [1.82, 2.24) is 0 Å². The monoisotopic (exact) mass is 311 g/mol. The van der Waals surface area contributed by atoms with Gasteiger partial charge in [-0.25, -0.2) is 0 Å². The average molecular weight is 312 g/mol. The van der Waals surface area contributed by atoms with Gasteiger partial charge in [-0.1, -0.05) is 34.5 Å². The molecular formula is C14H18BrNO2. The van der Waals surface area contributed by atoms with Gasteiger partial charge in [0, 0.05) is 17.7 Å². The summed E-state index contributed by atoms with van der Waals surface area (Å²) in [4.78, 5) is 11.1. The highest BCUT2D eigenvalue weighted by Gasteiger charge is 2.36. The number of carbonyl (C=O) groups is 1. The lowest BCUT2D eigenvalue weighted by molar-refractivity contribution is -0.114. The van der Waals surface area contributed by atoms with Gasteiger partial charge in [0.05, 0.1) is 12.3 Å².